The molecule has 2 nitrogen and oxygen atoms in total. The average molecular weight is 295 g/mol. The highest BCUT2D eigenvalue weighted by Gasteiger charge is 2.37. The lowest BCUT2D eigenvalue weighted by atomic mass is 9.66. The predicted octanol–water partition coefficient (Wildman–Crippen LogP) is 4.04. The SMILES string of the molecule is C1=CN2B(O1)c1ccccc1-c1ccccc1-c1ccccc12. The van der Waals surface area contributed by atoms with Gasteiger partial charge in [-0.25, -0.2) is 0 Å². The third-order valence-corrected chi connectivity index (χ3v) is 4.60. The van der Waals surface area contributed by atoms with Crippen molar-refractivity contribution < 1.29 is 4.65 Å². The minimum Gasteiger partial charge on any atom is -0.542 e. The number of para-hydroxylation sites is 1. The first-order valence-electron chi connectivity index (χ1n) is 7.82. The van der Waals surface area contributed by atoms with E-state index < -0.39 is 0 Å². The summed E-state index contributed by atoms with van der Waals surface area (Å²) in [5.41, 5.74) is 7.35. The second-order valence-electron chi connectivity index (χ2n) is 5.83. The monoisotopic (exact) mass is 295 g/mol. The van der Waals surface area contributed by atoms with Gasteiger partial charge < -0.3 is 9.47 Å². The quantitative estimate of drug-likeness (QED) is 0.580. The van der Waals surface area contributed by atoms with E-state index in [-0.39, 0.29) is 7.05 Å². The van der Waals surface area contributed by atoms with Crippen molar-refractivity contribution in [1.29, 1.82) is 0 Å². The Morgan fingerprint density at radius 3 is 2.09 bits per heavy atom. The Bertz CT molecular complexity index is 934. The molecule has 0 fully saturated rings. The number of hydrogen-bond acceptors (Lipinski definition) is 2. The molecule has 0 aromatic heterocycles. The first-order valence-corrected chi connectivity index (χ1v) is 7.82. The highest BCUT2D eigenvalue weighted by atomic mass is 16.4. The molecule has 0 radical (unpaired) electrons. The van der Waals surface area contributed by atoms with Gasteiger partial charge in [-0.2, -0.15) is 0 Å². The zero-order valence-corrected chi connectivity index (χ0v) is 12.5. The molecule has 2 heterocycles. The van der Waals surface area contributed by atoms with Crippen molar-refractivity contribution in [2.75, 3.05) is 4.81 Å². The van der Waals surface area contributed by atoms with Crippen LogP contribution in [0.3, 0.4) is 0 Å². The zero-order valence-electron chi connectivity index (χ0n) is 12.5. The molecule has 0 atom stereocenters. The van der Waals surface area contributed by atoms with Crippen molar-refractivity contribution in [3.8, 4) is 22.3 Å². The van der Waals surface area contributed by atoms with Gasteiger partial charge in [-0.1, -0.05) is 66.7 Å². The van der Waals surface area contributed by atoms with E-state index in [1.54, 1.807) is 6.26 Å². The van der Waals surface area contributed by atoms with Gasteiger partial charge in [-0.3, -0.25) is 0 Å². The fourth-order valence-electron chi connectivity index (χ4n) is 3.59. The van der Waals surface area contributed by atoms with Crippen LogP contribution in [0.2, 0.25) is 0 Å². The van der Waals surface area contributed by atoms with Gasteiger partial charge in [0.2, 0.25) is 0 Å². The normalized spacial score (nSPS) is 14.1. The van der Waals surface area contributed by atoms with Gasteiger partial charge in [-0.05, 0) is 28.2 Å². The van der Waals surface area contributed by atoms with Gasteiger partial charge in [0.25, 0.3) is 0 Å². The lowest BCUT2D eigenvalue weighted by molar-refractivity contribution is 0.518. The van der Waals surface area contributed by atoms with Crippen molar-refractivity contribution in [2.45, 2.75) is 0 Å². The molecular formula is C20H14BNO. The van der Waals surface area contributed by atoms with Crippen molar-refractivity contribution >= 4 is 18.2 Å². The summed E-state index contributed by atoms with van der Waals surface area (Å²) >= 11 is 0. The molecular weight excluding hydrogens is 281 g/mol. The summed E-state index contributed by atoms with van der Waals surface area (Å²) in [5, 5.41) is 0. The largest absolute Gasteiger partial charge is 0.542 e. The van der Waals surface area contributed by atoms with Crippen LogP contribution in [0.4, 0.5) is 5.69 Å². The van der Waals surface area contributed by atoms with E-state index in [2.05, 4.69) is 77.6 Å². The van der Waals surface area contributed by atoms with E-state index in [0.717, 1.165) is 0 Å². The maximum atomic E-state index is 5.94. The van der Waals surface area contributed by atoms with Gasteiger partial charge in [-0.15, -0.1) is 0 Å². The van der Waals surface area contributed by atoms with Crippen LogP contribution in [-0.2, 0) is 4.65 Å². The van der Waals surface area contributed by atoms with Crippen LogP contribution in [0.25, 0.3) is 22.3 Å². The van der Waals surface area contributed by atoms with Crippen LogP contribution in [-0.4, -0.2) is 7.05 Å². The minimum absolute atomic E-state index is 0.110. The fourth-order valence-corrected chi connectivity index (χ4v) is 3.59. The van der Waals surface area contributed by atoms with Crippen molar-refractivity contribution in [3.63, 3.8) is 0 Å². The Balaban J connectivity index is 1.92. The van der Waals surface area contributed by atoms with Crippen LogP contribution in [0.1, 0.15) is 0 Å². The third kappa shape index (κ3) is 1.77. The molecule has 3 aromatic carbocycles. The summed E-state index contributed by atoms with van der Waals surface area (Å²) in [4.78, 5) is 2.21. The summed E-state index contributed by atoms with van der Waals surface area (Å²) in [6.45, 7) is 0. The van der Waals surface area contributed by atoms with E-state index in [0.29, 0.717) is 0 Å². The number of rotatable bonds is 0. The van der Waals surface area contributed by atoms with Gasteiger partial charge in [0.05, 0.1) is 6.26 Å². The molecule has 0 saturated heterocycles. The van der Waals surface area contributed by atoms with E-state index >= 15 is 0 Å². The Kier molecular flexibility index (Phi) is 2.62. The maximum absolute atomic E-state index is 5.94. The van der Waals surface area contributed by atoms with Crippen LogP contribution in [0, 0.1) is 0 Å². The molecule has 5 rings (SSSR count). The lowest BCUT2D eigenvalue weighted by Gasteiger charge is -2.28. The Hall–Kier alpha value is -2.94. The summed E-state index contributed by atoms with van der Waals surface area (Å²) in [6.07, 6.45) is 3.81. The molecule has 23 heavy (non-hydrogen) atoms. The lowest BCUT2D eigenvalue weighted by Crippen LogP contribution is -2.46. The van der Waals surface area contributed by atoms with Crippen LogP contribution in [0.15, 0.2) is 85.3 Å². The minimum atomic E-state index is -0.110. The maximum Gasteiger partial charge on any atom is 0.524 e. The van der Waals surface area contributed by atoms with Gasteiger partial charge >= 0.3 is 7.05 Å². The second-order valence-corrected chi connectivity index (χ2v) is 5.83. The highest BCUT2D eigenvalue weighted by Crippen LogP contribution is 2.40. The number of hydrogen-bond donors (Lipinski definition) is 0. The first-order chi connectivity index (χ1) is 11.4. The van der Waals surface area contributed by atoms with Crippen molar-refractivity contribution in [1.82, 2.24) is 0 Å². The van der Waals surface area contributed by atoms with Gasteiger partial charge in [0.1, 0.15) is 0 Å². The molecule has 0 spiro atoms. The molecule has 2 aliphatic heterocycles. The third-order valence-electron chi connectivity index (χ3n) is 4.60. The fraction of sp³-hybridized carbons (Fsp3) is 0. The van der Waals surface area contributed by atoms with Crippen molar-refractivity contribution in [2.24, 2.45) is 0 Å². The Morgan fingerprint density at radius 1 is 0.652 bits per heavy atom. The summed E-state index contributed by atoms with van der Waals surface area (Å²) < 4.78 is 5.94. The number of nitrogens with zero attached hydrogens (tertiary/aromatic N) is 1. The first kappa shape index (κ1) is 12.6. The number of fused-ring (bicyclic) bond motifs is 8. The highest BCUT2D eigenvalue weighted by molar-refractivity contribution is 6.74. The summed E-state index contributed by atoms with van der Waals surface area (Å²) in [6, 6.07) is 25.6. The number of anilines is 1. The van der Waals surface area contributed by atoms with E-state index in [1.807, 2.05) is 6.20 Å². The molecule has 0 unspecified atom stereocenters. The molecule has 108 valence electrons. The van der Waals surface area contributed by atoms with Crippen molar-refractivity contribution in [3.05, 3.63) is 85.3 Å². The van der Waals surface area contributed by atoms with Gasteiger partial charge in [0, 0.05) is 17.5 Å². The van der Waals surface area contributed by atoms with Crippen LogP contribution in [0.5, 0.6) is 0 Å². The molecule has 0 N–H and O–H groups in total. The Labute approximate surface area is 135 Å². The zero-order chi connectivity index (χ0) is 15.2. The van der Waals surface area contributed by atoms with Gasteiger partial charge in [0.15, 0.2) is 0 Å². The van der Waals surface area contributed by atoms with Crippen LogP contribution < -0.4 is 10.3 Å². The van der Waals surface area contributed by atoms with E-state index in [9.17, 15) is 0 Å². The molecule has 3 heteroatoms. The molecule has 3 aromatic rings. The predicted molar refractivity (Wildman–Crippen MR) is 95.4 cm³/mol. The van der Waals surface area contributed by atoms with E-state index in [1.165, 1.54) is 33.4 Å². The smallest absolute Gasteiger partial charge is 0.524 e. The average Bonchev–Trinajstić information content (AvgIpc) is 3.10. The molecule has 0 saturated carbocycles. The molecule has 0 amide bonds. The molecule has 2 aliphatic rings. The molecule has 0 bridgehead atoms. The molecule has 0 aliphatic carbocycles. The van der Waals surface area contributed by atoms with E-state index in [4.69, 9.17) is 4.65 Å². The topological polar surface area (TPSA) is 12.5 Å². The van der Waals surface area contributed by atoms with Crippen LogP contribution >= 0.6 is 0 Å². The summed E-state index contributed by atoms with van der Waals surface area (Å²) in [5.74, 6) is 0. The summed E-state index contributed by atoms with van der Waals surface area (Å²) in [7, 11) is -0.110. The standard InChI is InChI=1S/C20H14BNO/c1-2-8-16-15(7-1)17-9-3-5-11-19(17)21-22(13-14-23-21)20-12-6-4-10-18(16)20/h1-14H. The number of benzene rings is 3. The second kappa shape index (κ2) is 4.78. The Morgan fingerprint density at radius 2 is 1.26 bits per heavy atom.